The van der Waals surface area contributed by atoms with Crippen molar-refractivity contribution in [2.75, 3.05) is 11.9 Å². The average Bonchev–Trinajstić information content (AvgIpc) is 3.34. The minimum Gasteiger partial charge on any atom is -0.302 e. The molecule has 0 aliphatic carbocycles. The molecule has 1 aromatic heterocycles. The van der Waals surface area contributed by atoms with Crippen LogP contribution in [0.25, 0.3) is 6.08 Å². The molecule has 1 aliphatic rings. The van der Waals surface area contributed by atoms with Gasteiger partial charge in [-0.2, -0.15) is 0 Å². The number of hydrogen-bond donors (Lipinski definition) is 1. The minimum atomic E-state index is -0.115. The highest BCUT2D eigenvalue weighted by atomic mass is 32.2. The van der Waals surface area contributed by atoms with Crippen molar-refractivity contribution in [2.24, 2.45) is 0 Å². The standard InChI is InChI=1S/C25H23N3O2S3/c1-17-9-11-19(12-10-17)15-21-23(30)28(25(31)33-21)13-5-8-22(29)27-24-26-16-20(32-24)14-18-6-3-2-4-7-18/h2-4,6-7,9-12,15-16H,5,8,13-14H2,1H3,(H,26,27,29)/b21-15-. The van der Waals surface area contributed by atoms with Crippen molar-refractivity contribution in [2.45, 2.75) is 26.2 Å². The van der Waals surface area contributed by atoms with E-state index in [1.54, 1.807) is 11.1 Å². The summed E-state index contributed by atoms with van der Waals surface area (Å²) in [6, 6.07) is 18.1. The van der Waals surface area contributed by atoms with Gasteiger partial charge in [0.1, 0.15) is 4.32 Å². The van der Waals surface area contributed by atoms with Crippen molar-refractivity contribution in [1.82, 2.24) is 9.88 Å². The second-order valence-electron chi connectivity index (χ2n) is 7.69. The smallest absolute Gasteiger partial charge is 0.266 e. The van der Waals surface area contributed by atoms with Crippen LogP contribution in [0, 0.1) is 6.92 Å². The second kappa shape index (κ2) is 10.9. The lowest BCUT2D eigenvalue weighted by Crippen LogP contribution is -2.29. The van der Waals surface area contributed by atoms with Crippen molar-refractivity contribution in [3.8, 4) is 0 Å². The fourth-order valence-corrected chi connectivity index (χ4v) is 5.50. The van der Waals surface area contributed by atoms with Gasteiger partial charge in [-0.25, -0.2) is 4.98 Å². The molecule has 1 fully saturated rings. The van der Waals surface area contributed by atoms with Gasteiger partial charge in [-0.3, -0.25) is 14.5 Å². The first-order chi connectivity index (χ1) is 16.0. The first kappa shape index (κ1) is 23.4. The van der Waals surface area contributed by atoms with Crippen molar-refractivity contribution in [1.29, 1.82) is 0 Å². The molecule has 0 saturated carbocycles. The van der Waals surface area contributed by atoms with Gasteiger partial charge in [0.05, 0.1) is 4.91 Å². The van der Waals surface area contributed by atoms with E-state index < -0.39 is 0 Å². The third-order valence-electron chi connectivity index (χ3n) is 5.06. The van der Waals surface area contributed by atoms with E-state index in [9.17, 15) is 9.59 Å². The van der Waals surface area contributed by atoms with E-state index in [0.717, 1.165) is 16.9 Å². The predicted molar refractivity (Wildman–Crippen MR) is 140 cm³/mol. The maximum Gasteiger partial charge on any atom is 0.266 e. The van der Waals surface area contributed by atoms with Crippen LogP contribution in [0.4, 0.5) is 5.13 Å². The van der Waals surface area contributed by atoms with Crippen LogP contribution in [0.15, 0.2) is 65.7 Å². The Morgan fingerprint density at radius 1 is 1.15 bits per heavy atom. The summed E-state index contributed by atoms with van der Waals surface area (Å²) in [7, 11) is 0. The molecule has 1 saturated heterocycles. The number of anilines is 1. The fourth-order valence-electron chi connectivity index (χ4n) is 3.33. The molecule has 33 heavy (non-hydrogen) atoms. The largest absolute Gasteiger partial charge is 0.302 e. The monoisotopic (exact) mass is 493 g/mol. The Hall–Kier alpha value is -2.81. The predicted octanol–water partition coefficient (Wildman–Crippen LogP) is 5.66. The van der Waals surface area contributed by atoms with Crippen LogP contribution in [-0.2, 0) is 16.0 Å². The molecule has 3 aromatic rings. The summed E-state index contributed by atoms with van der Waals surface area (Å²) in [4.78, 5) is 32.7. The quantitative estimate of drug-likeness (QED) is 0.324. The number of amides is 2. The van der Waals surface area contributed by atoms with Gasteiger partial charge in [-0.05, 0) is 30.5 Å². The summed E-state index contributed by atoms with van der Waals surface area (Å²) in [5.74, 6) is -0.215. The second-order valence-corrected chi connectivity index (χ2v) is 10.5. The Kier molecular flexibility index (Phi) is 7.69. The number of thiazole rings is 1. The lowest BCUT2D eigenvalue weighted by Gasteiger charge is -2.13. The summed E-state index contributed by atoms with van der Waals surface area (Å²) < 4.78 is 0.532. The van der Waals surface area contributed by atoms with E-state index in [2.05, 4.69) is 22.4 Å². The van der Waals surface area contributed by atoms with Crippen molar-refractivity contribution >= 4 is 62.7 Å². The van der Waals surface area contributed by atoms with Gasteiger partial charge in [-0.15, -0.1) is 11.3 Å². The summed E-state index contributed by atoms with van der Waals surface area (Å²) in [5, 5.41) is 3.45. The van der Waals surface area contributed by atoms with E-state index >= 15 is 0 Å². The number of benzene rings is 2. The first-order valence-corrected chi connectivity index (χ1v) is 12.6. The van der Waals surface area contributed by atoms with Crippen LogP contribution < -0.4 is 5.32 Å². The highest BCUT2D eigenvalue weighted by Crippen LogP contribution is 2.32. The van der Waals surface area contributed by atoms with Crippen LogP contribution in [0.2, 0.25) is 0 Å². The Morgan fingerprint density at radius 3 is 2.67 bits per heavy atom. The number of carbonyl (C=O) groups excluding carboxylic acids is 2. The number of rotatable bonds is 8. The van der Waals surface area contributed by atoms with Crippen LogP contribution in [-0.4, -0.2) is 32.6 Å². The Bertz CT molecular complexity index is 1190. The van der Waals surface area contributed by atoms with E-state index in [0.29, 0.717) is 33.7 Å². The highest BCUT2D eigenvalue weighted by Gasteiger charge is 2.31. The van der Waals surface area contributed by atoms with Gasteiger partial charge in [0, 0.05) is 30.5 Å². The minimum absolute atomic E-state index is 0.100. The van der Waals surface area contributed by atoms with Crippen molar-refractivity contribution < 1.29 is 9.59 Å². The molecule has 2 amide bonds. The van der Waals surface area contributed by atoms with Gasteiger partial charge in [-0.1, -0.05) is 84.1 Å². The molecular formula is C25H23N3O2S3. The maximum absolute atomic E-state index is 12.7. The van der Waals surface area contributed by atoms with Crippen LogP contribution in [0.5, 0.6) is 0 Å². The first-order valence-electron chi connectivity index (χ1n) is 10.6. The van der Waals surface area contributed by atoms with Crippen molar-refractivity contribution in [3.05, 3.63) is 87.3 Å². The number of aryl methyl sites for hydroxylation is 1. The number of carbonyl (C=O) groups is 2. The molecule has 1 N–H and O–H groups in total. The summed E-state index contributed by atoms with van der Waals surface area (Å²) in [6.07, 6.45) is 5.27. The van der Waals surface area contributed by atoms with Crippen LogP contribution in [0.1, 0.15) is 34.4 Å². The van der Waals surface area contributed by atoms with Crippen molar-refractivity contribution in [3.63, 3.8) is 0 Å². The fraction of sp³-hybridized carbons (Fsp3) is 0.200. The molecule has 2 aromatic carbocycles. The molecule has 168 valence electrons. The molecule has 0 bridgehead atoms. The zero-order valence-corrected chi connectivity index (χ0v) is 20.6. The highest BCUT2D eigenvalue weighted by molar-refractivity contribution is 8.26. The Morgan fingerprint density at radius 2 is 1.91 bits per heavy atom. The molecule has 5 nitrogen and oxygen atoms in total. The number of thioether (sulfide) groups is 1. The van der Waals surface area contributed by atoms with E-state index in [1.165, 1.54) is 34.2 Å². The molecule has 2 heterocycles. The normalized spacial score (nSPS) is 14.8. The number of thiocarbonyl (C=S) groups is 1. The summed E-state index contributed by atoms with van der Waals surface area (Å²) in [6.45, 7) is 2.44. The molecule has 0 unspecified atom stereocenters. The van der Waals surface area contributed by atoms with Gasteiger partial charge in [0.15, 0.2) is 5.13 Å². The summed E-state index contributed by atoms with van der Waals surface area (Å²) in [5.41, 5.74) is 3.35. The molecule has 0 spiro atoms. The third-order valence-corrected chi connectivity index (χ3v) is 7.35. The molecule has 1 aliphatic heterocycles. The number of hydrogen-bond acceptors (Lipinski definition) is 6. The number of aromatic nitrogens is 1. The SMILES string of the molecule is Cc1ccc(/C=C2\SC(=S)N(CCCC(=O)Nc3ncc(Cc4ccccc4)s3)C2=O)cc1. The van der Waals surface area contributed by atoms with Crippen LogP contribution >= 0.6 is 35.3 Å². The lowest BCUT2D eigenvalue weighted by atomic mass is 10.1. The molecular weight excluding hydrogens is 470 g/mol. The molecule has 0 atom stereocenters. The van der Waals surface area contributed by atoms with Crippen LogP contribution in [0.3, 0.4) is 0 Å². The topological polar surface area (TPSA) is 62.3 Å². The van der Waals surface area contributed by atoms with Gasteiger partial charge >= 0.3 is 0 Å². The maximum atomic E-state index is 12.7. The van der Waals surface area contributed by atoms with E-state index in [-0.39, 0.29) is 11.8 Å². The van der Waals surface area contributed by atoms with Gasteiger partial charge in [0.2, 0.25) is 5.91 Å². The third kappa shape index (κ3) is 6.37. The number of nitrogens with one attached hydrogen (secondary N) is 1. The molecule has 8 heteroatoms. The molecule has 4 rings (SSSR count). The number of nitrogens with zero attached hydrogens (tertiary/aromatic N) is 2. The Labute approximate surface area is 206 Å². The average molecular weight is 494 g/mol. The zero-order chi connectivity index (χ0) is 23.2. The lowest BCUT2D eigenvalue weighted by molar-refractivity contribution is -0.122. The van der Waals surface area contributed by atoms with Gasteiger partial charge in [0.25, 0.3) is 5.91 Å². The van der Waals surface area contributed by atoms with E-state index in [4.69, 9.17) is 12.2 Å². The van der Waals surface area contributed by atoms with Gasteiger partial charge < -0.3 is 5.32 Å². The van der Waals surface area contributed by atoms with E-state index in [1.807, 2.05) is 55.5 Å². The molecule has 0 radical (unpaired) electrons. The summed E-state index contributed by atoms with van der Waals surface area (Å²) >= 11 is 8.17. The Balaban J connectivity index is 1.25. The zero-order valence-electron chi connectivity index (χ0n) is 18.1.